The average molecular weight is 315 g/mol. The summed E-state index contributed by atoms with van der Waals surface area (Å²) in [5.41, 5.74) is 2.29. The Morgan fingerprint density at radius 1 is 1.26 bits per heavy atom. The number of aromatic nitrogens is 2. The highest BCUT2D eigenvalue weighted by Crippen LogP contribution is 2.18. The van der Waals surface area contributed by atoms with Gasteiger partial charge in [0.1, 0.15) is 5.69 Å². The normalized spacial score (nSPS) is 13.8. The van der Waals surface area contributed by atoms with Gasteiger partial charge in [-0.15, -0.1) is 0 Å². The van der Waals surface area contributed by atoms with E-state index in [1.165, 1.54) is 0 Å². The van der Waals surface area contributed by atoms with Gasteiger partial charge in [0.25, 0.3) is 5.91 Å². The molecule has 124 valence electrons. The monoisotopic (exact) mass is 315 g/mol. The van der Waals surface area contributed by atoms with Gasteiger partial charge in [-0.05, 0) is 30.9 Å². The second-order valence-electron chi connectivity index (χ2n) is 6.27. The highest BCUT2D eigenvalue weighted by atomic mass is 16.3. The Morgan fingerprint density at radius 2 is 1.91 bits per heavy atom. The van der Waals surface area contributed by atoms with E-state index < -0.39 is 6.10 Å². The number of rotatable bonds is 6. The van der Waals surface area contributed by atoms with Crippen LogP contribution in [0.4, 0.5) is 0 Å². The molecule has 1 aromatic heterocycles. The van der Waals surface area contributed by atoms with Crippen molar-refractivity contribution in [2.45, 2.75) is 45.3 Å². The van der Waals surface area contributed by atoms with Crippen molar-refractivity contribution < 1.29 is 9.90 Å². The van der Waals surface area contributed by atoms with Gasteiger partial charge in [-0.2, -0.15) is 5.10 Å². The van der Waals surface area contributed by atoms with E-state index in [-0.39, 0.29) is 17.9 Å². The van der Waals surface area contributed by atoms with Crippen LogP contribution in [0.2, 0.25) is 0 Å². The van der Waals surface area contributed by atoms with Crippen LogP contribution in [0.25, 0.3) is 0 Å². The molecule has 0 saturated heterocycles. The first kappa shape index (κ1) is 17.2. The number of nitrogens with one attached hydrogen (secondary N) is 1. The highest BCUT2D eigenvalue weighted by Gasteiger charge is 2.18. The van der Waals surface area contributed by atoms with Gasteiger partial charge in [-0.1, -0.05) is 44.2 Å². The smallest absolute Gasteiger partial charge is 0.269 e. The molecule has 2 rings (SSSR count). The number of aliphatic hydroxyl groups is 1. The molecule has 5 nitrogen and oxygen atoms in total. The number of benzene rings is 1. The SMILES string of the molecule is CC(CC(O)c1ccccc1)NC(=O)c1cc(C(C)C)nn1C. The molecule has 2 aromatic rings. The van der Waals surface area contributed by atoms with Crippen LogP contribution in [0.3, 0.4) is 0 Å². The Morgan fingerprint density at radius 3 is 2.48 bits per heavy atom. The number of nitrogens with zero attached hydrogens (tertiary/aromatic N) is 2. The summed E-state index contributed by atoms with van der Waals surface area (Å²) in [6.45, 7) is 5.98. The molecule has 2 unspecified atom stereocenters. The Labute approximate surface area is 137 Å². The molecular weight excluding hydrogens is 290 g/mol. The summed E-state index contributed by atoms with van der Waals surface area (Å²) in [5, 5.41) is 17.5. The van der Waals surface area contributed by atoms with Crippen LogP contribution in [-0.2, 0) is 7.05 Å². The number of aryl methyl sites for hydroxylation is 1. The van der Waals surface area contributed by atoms with Crippen LogP contribution in [0.15, 0.2) is 36.4 Å². The molecule has 0 aliphatic rings. The summed E-state index contributed by atoms with van der Waals surface area (Å²) < 4.78 is 1.60. The van der Waals surface area contributed by atoms with E-state index in [2.05, 4.69) is 10.4 Å². The molecule has 0 spiro atoms. The molecule has 5 heteroatoms. The molecule has 0 radical (unpaired) electrons. The average Bonchev–Trinajstić information content (AvgIpc) is 2.90. The zero-order valence-electron chi connectivity index (χ0n) is 14.2. The number of carbonyl (C=O) groups is 1. The molecule has 0 saturated carbocycles. The molecule has 1 aromatic carbocycles. The largest absolute Gasteiger partial charge is 0.388 e. The fraction of sp³-hybridized carbons (Fsp3) is 0.444. The van der Waals surface area contributed by atoms with Gasteiger partial charge in [0.05, 0.1) is 11.8 Å². The zero-order valence-corrected chi connectivity index (χ0v) is 14.2. The Hall–Kier alpha value is -2.14. The maximum absolute atomic E-state index is 12.4. The molecule has 1 heterocycles. The summed E-state index contributed by atoms with van der Waals surface area (Å²) in [5.74, 6) is 0.111. The van der Waals surface area contributed by atoms with Crippen molar-refractivity contribution >= 4 is 5.91 Å². The van der Waals surface area contributed by atoms with Crippen LogP contribution in [0.1, 0.15) is 61.0 Å². The molecule has 2 N–H and O–H groups in total. The lowest BCUT2D eigenvalue weighted by Gasteiger charge is -2.18. The molecule has 23 heavy (non-hydrogen) atoms. The molecule has 0 aliphatic carbocycles. The topological polar surface area (TPSA) is 67.2 Å². The number of carbonyl (C=O) groups excluding carboxylic acids is 1. The van der Waals surface area contributed by atoms with E-state index in [1.54, 1.807) is 11.7 Å². The second kappa shape index (κ2) is 7.42. The third-order valence-electron chi connectivity index (χ3n) is 3.86. The van der Waals surface area contributed by atoms with Gasteiger partial charge >= 0.3 is 0 Å². The van der Waals surface area contributed by atoms with E-state index in [1.807, 2.05) is 57.2 Å². The van der Waals surface area contributed by atoms with E-state index >= 15 is 0 Å². The number of aliphatic hydroxyl groups excluding tert-OH is 1. The van der Waals surface area contributed by atoms with Gasteiger partial charge in [0, 0.05) is 13.1 Å². The zero-order chi connectivity index (χ0) is 17.0. The van der Waals surface area contributed by atoms with Crippen molar-refractivity contribution in [3.63, 3.8) is 0 Å². The maximum atomic E-state index is 12.4. The third-order valence-corrected chi connectivity index (χ3v) is 3.86. The number of amides is 1. The number of hydrogen-bond donors (Lipinski definition) is 2. The Balaban J connectivity index is 1.97. The maximum Gasteiger partial charge on any atom is 0.269 e. The van der Waals surface area contributed by atoms with Gasteiger partial charge in [0.2, 0.25) is 0 Å². The summed E-state index contributed by atoms with van der Waals surface area (Å²) in [4.78, 5) is 12.4. The standard InChI is InChI=1S/C18H25N3O2/c1-12(2)15-11-16(21(4)20-15)18(23)19-13(3)10-17(22)14-8-6-5-7-9-14/h5-9,11-13,17,22H,10H2,1-4H3,(H,19,23). The second-order valence-corrected chi connectivity index (χ2v) is 6.27. The molecular formula is C18H25N3O2. The predicted octanol–water partition coefficient (Wildman–Crippen LogP) is 2.79. The highest BCUT2D eigenvalue weighted by molar-refractivity contribution is 5.92. The van der Waals surface area contributed by atoms with E-state index in [4.69, 9.17) is 0 Å². The van der Waals surface area contributed by atoms with Gasteiger partial charge < -0.3 is 10.4 Å². The number of hydrogen-bond acceptors (Lipinski definition) is 3. The van der Waals surface area contributed by atoms with Gasteiger partial charge in [-0.25, -0.2) is 0 Å². The molecule has 2 atom stereocenters. The minimum atomic E-state index is -0.593. The molecule has 1 amide bonds. The lowest BCUT2D eigenvalue weighted by Crippen LogP contribution is -2.34. The minimum Gasteiger partial charge on any atom is -0.388 e. The first-order valence-electron chi connectivity index (χ1n) is 7.96. The van der Waals surface area contributed by atoms with Crippen molar-refractivity contribution in [1.82, 2.24) is 15.1 Å². The van der Waals surface area contributed by atoms with Crippen LogP contribution in [0.5, 0.6) is 0 Å². The third kappa shape index (κ3) is 4.42. The van der Waals surface area contributed by atoms with Crippen molar-refractivity contribution in [3.8, 4) is 0 Å². The van der Waals surface area contributed by atoms with Crippen LogP contribution >= 0.6 is 0 Å². The van der Waals surface area contributed by atoms with Gasteiger partial charge in [0.15, 0.2) is 0 Å². The van der Waals surface area contributed by atoms with E-state index in [9.17, 15) is 9.90 Å². The summed E-state index contributed by atoms with van der Waals surface area (Å²) in [6.07, 6.45) is -0.130. The van der Waals surface area contributed by atoms with Crippen LogP contribution in [-0.4, -0.2) is 26.8 Å². The first-order chi connectivity index (χ1) is 10.9. The Bertz CT molecular complexity index is 650. The van der Waals surface area contributed by atoms with Crippen molar-refractivity contribution in [3.05, 3.63) is 53.3 Å². The lowest BCUT2D eigenvalue weighted by molar-refractivity contribution is 0.0907. The lowest BCUT2D eigenvalue weighted by atomic mass is 10.0. The van der Waals surface area contributed by atoms with Crippen molar-refractivity contribution in [1.29, 1.82) is 0 Å². The van der Waals surface area contributed by atoms with E-state index in [0.29, 0.717) is 12.1 Å². The van der Waals surface area contributed by atoms with Crippen LogP contribution < -0.4 is 5.32 Å². The predicted molar refractivity (Wildman–Crippen MR) is 90.2 cm³/mol. The summed E-state index contributed by atoms with van der Waals surface area (Å²) in [6, 6.07) is 11.1. The summed E-state index contributed by atoms with van der Waals surface area (Å²) >= 11 is 0. The fourth-order valence-corrected chi connectivity index (χ4v) is 2.49. The molecule has 0 bridgehead atoms. The molecule has 0 fully saturated rings. The fourth-order valence-electron chi connectivity index (χ4n) is 2.49. The minimum absolute atomic E-state index is 0.143. The van der Waals surface area contributed by atoms with Crippen LogP contribution in [0, 0.1) is 0 Å². The first-order valence-corrected chi connectivity index (χ1v) is 7.96. The Kier molecular flexibility index (Phi) is 5.55. The molecule has 0 aliphatic heterocycles. The summed E-state index contributed by atoms with van der Waals surface area (Å²) in [7, 11) is 1.77. The quantitative estimate of drug-likeness (QED) is 0.861. The van der Waals surface area contributed by atoms with Crippen molar-refractivity contribution in [2.75, 3.05) is 0 Å². The van der Waals surface area contributed by atoms with E-state index in [0.717, 1.165) is 11.3 Å². The van der Waals surface area contributed by atoms with Crippen molar-refractivity contribution in [2.24, 2.45) is 7.05 Å². The van der Waals surface area contributed by atoms with Gasteiger partial charge in [-0.3, -0.25) is 9.48 Å².